The highest BCUT2D eigenvalue weighted by Crippen LogP contribution is 2.38. The van der Waals surface area contributed by atoms with Gasteiger partial charge in [-0.3, -0.25) is 14.5 Å². The van der Waals surface area contributed by atoms with Gasteiger partial charge in [-0.2, -0.15) is 0 Å². The number of nitrogens with one attached hydrogen (secondary N) is 1. The van der Waals surface area contributed by atoms with Gasteiger partial charge < -0.3 is 30.1 Å². The molecule has 1 aromatic heterocycles. The van der Waals surface area contributed by atoms with E-state index in [2.05, 4.69) is 29.3 Å². The van der Waals surface area contributed by atoms with Crippen molar-refractivity contribution in [2.45, 2.75) is 57.1 Å². The van der Waals surface area contributed by atoms with E-state index in [1.54, 1.807) is 11.5 Å². The van der Waals surface area contributed by atoms with Crippen LogP contribution >= 0.6 is 23.1 Å². The van der Waals surface area contributed by atoms with Gasteiger partial charge in [0.1, 0.15) is 36.0 Å². The molecule has 2 atom stereocenters. The summed E-state index contributed by atoms with van der Waals surface area (Å²) in [6.07, 6.45) is 4.86. The number of β-lactam (4-membered cyclic amide) rings is 1. The number of nitrogens with two attached hydrogens (primary N) is 1. The van der Waals surface area contributed by atoms with Crippen molar-refractivity contribution in [3.8, 4) is 0 Å². The van der Waals surface area contributed by atoms with Gasteiger partial charge in [-0.25, -0.2) is 9.78 Å². The third kappa shape index (κ3) is 7.68. The quantitative estimate of drug-likeness (QED) is 0.0991. The molecule has 0 aromatic carbocycles. The summed E-state index contributed by atoms with van der Waals surface area (Å²) in [4.78, 5) is 49.2. The number of aromatic nitrogens is 1. The van der Waals surface area contributed by atoms with Crippen molar-refractivity contribution in [3.63, 3.8) is 0 Å². The van der Waals surface area contributed by atoms with Gasteiger partial charge >= 0.3 is 5.97 Å². The lowest BCUT2D eigenvalue weighted by Crippen LogP contribution is -2.70. The maximum absolute atomic E-state index is 13.1. The minimum atomic E-state index is -0.854. The number of amides is 2. The Bertz CT molecular complexity index is 1020. The first-order valence-electron chi connectivity index (χ1n) is 12.6. The number of anilines is 1. The number of ether oxygens (including phenoxy) is 3. The molecule has 2 aliphatic heterocycles. The highest BCUT2D eigenvalue weighted by atomic mass is 32.2. The van der Waals surface area contributed by atoms with Crippen molar-refractivity contribution >= 4 is 51.7 Å². The van der Waals surface area contributed by atoms with Gasteiger partial charge in [0.2, 0.25) is 0 Å². The molecule has 0 spiro atoms. The molecule has 12 nitrogen and oxygen atoms in total. The van der Waals surface area contributed by atoms with E-state index in [0.717, 1.165) is 37.0 Å². The zero-order valence-corrected chi connectivity index (χ0v) is 23.5. The van der Waals surface area contributed by atoms with Gasteiger partial charge in [0.25, 0.3) is 11.8 Å². The van der Waals surface area contributed by atoms with E-state index in [-0.39, 0.29) is 35.4 Å². The van der Waals surface area contributed by atoms with E-state index >= 15 is 0 Å². The SMILES string of the molecule is CCCCOCC(COCCCC)OC(=O)C1=CCS[C@@H]2C(NC(=O)C(=NOC)c3csc(N)n3)C(=O)N12. The van der Waals surface area contributed by atoms with E-state index in [1.165, 1.54) is 23.8 Å². The number of thioether (sulfide) groups is 1. The van der Waals surface area contributed by atoms with Crippen molar-refractivity contribution in [1.29, 1.82) is 0 Å². The Morgan fingerprint density at radius 2 is 1.92 bits per heavy atom. The summed E-state index contributed by atoms with van der Waals surface area (Å²) in [5.41, 5.74) is 5.96. The van der Waals surface area contributed by atoms with Crippen molar-refractivity contribution < 1.29 is 33.4 Å². The van der Waals surface area contributed by atoms with Gasteiger partial charge in [0, 0.05) is 24.3 Å². The van der Waals surface area contributed by atoms with Crippen LogP contribution in [0.5, 0.6) is 0 Å². The summed E-state index contributed by atoms with van der Waals surface area (Å²) in [6, 6.07) is -0.854. The van der Waals surface area contributed by atoms with E-state index in [4.69, 9.17) is 24.8 Å². The number of rotatable bonds is 16. The number of carbonyl (C=O) groups is 3. The van der Waals surface area contributed by atoms with Crippen LogP contribution in [0.2, 0.25) is 0 Å². The topological polar surface area (TPSA) is 155 Å². The standard InChI is InChI=1S/C24H35N5O7S2/c1-4-6-9-34-12-15(13-35-10-7-5-2)36-23(32)17-8-11-37-22-19(21(31)29(17)22)27-20(30)18(28-33-3)16-14-38-24(25)26-16/h8,14-15,19,22H,4-7,9-13H2,1-3H3,(H2,25,26)(H,27,30)/t19?,22-/m1/s1. The second kappa shape index (κ2) is 15.0. The van der Waals surface area contributed by atoms with E-state index < -0.39 is 35.3 Å². The van der Waals surface area contributed by atoms with Crippen LogP contribution in [0.25, 0.3) is 0 Å². The summed E-state index contributed by atoms with van der Waals surface area (Å²) in [7, 11) is 1.30. The maximum atomic E-state index is 13.1. The molecular weight excluding hydrogens is 534 g/mol. The number of fused-ring (bicyclic) bond motifs is 1. The number of hydrogen-bond donors (Lipinski definition) is 2. The first kappa shape index (κ1) is 29.9. The summed E-state index contributed by atoms with van der Waals surface area (Å²) >= 11 is 2.57. The third-order valence-electron chi connectivity index (χ3n) is 5.67. The zero-order chi connectivity index (χ0) is 27.5. The Hall–Kier alpha value is -2.68. The number of hydrogen-bond acceptors (Lipinski definition) is 12. The van der Waals surface area contributed by atoms with Crippen LogP contribution in [0.4, 0.5) is 5.13 Å². The van der Waals surface area contributed by atoms with Gasteiger partial charge in [-0.15, -0.1) is 23.1 Å². The van der Waals surface area contributed by atoms with Crippen molar-refractivity contribution in [2.24, 2.45) is 5.16 Å². The van der Waals surface area contributed by atoms with Crippen LogP contribution in [-0.2, 0) is 33.4 Å². The second-order valence-corrected chi connectivity index (χ2v) is 10.6. The van der Waals surface area contributed by atoms with Crippen LogP contribution in [0, 0.1) is 0 Å². The lowest BCUT2D eigenvalue weighted by Gasteiger charge is -2.48. The van der Waals surface area contributed by atoms with Crippen molar-refractivity contribution in [3.05, 3.63) is 22.8 Å². The zero-order valence-electron chi connectivity index (χ0n) is 21.8. The first-order valence-corrected chi connectivity index (χ1v) is 14.5. The molecule has 1 fully saturated rings. The molecule has 1 saturated heterocycles. The summed E-state index contributed by atoms with van der Waals surface area (Å²) in [6.45, 7) is 5.68. The molecule has 2 aliphatic rings. The van der Waals surface area contributed by atoms with Crippen LogP contribution in [0.1, 0.15) is 45.2 Å². The fourth-order valence-corrected chi connectivity index (χ4v) is 5.42. The molecule has 1 aromatic rings. The Morgan fingerprint density at radius 3 is 2.50 bits per heavy atom. The molecule has 0 aliphatic carbocycles. The fourth-order valence-electron chi connectivity index (χ4n) is 3.68. The van der Waals surface area contributed by atoms with Crippen LogP contribution in [-0.4, -0.2) is 90.2 Å². The molecule has 2 amide bonds. The summed E-state index contributed by atoms with van der Waals surface area (Å²) in [5, 5.41) is 7.80. The number of esters is 1. The number of oxime groups is 1. The van der Waals surface area contributed by atoms with E-state index in [0.29, 0.717) is 19.0 Å². The largest absolute Gasteiger partial charge is 0.453 e. The second-order valence-electron chi connectivity index (χ2n) is 8.55. The molecule has 3 rings (SSSR count). The number of nitrogens with zero attached hydrogens (tertiary/aromatic N) is 3. The molecule has 210 valence electrons. The van der Waals surface area contributed by atoms with Gasteiger partial charge in [-0.1, -0.05) is 31.8 Å². The molecule has 0 radical (unpaired) electrons. The third-order valence-corrected chi connectivity index (χ3v) is 7.53. The van der Waals surface area contributed by atoms with Crippen LogP contribution in [0.15, 0.2) is 22.3 Å². The monoisotopic (exact) mass is 569 g/mol. The normalized spacial score (nSPS) is 19.1. The number of carbonyl (C=O) groups excluding carboxylic acids is 3. The molecule has 38 heavy (non-hydrogen) atoms. The van der Waals surface area contributed by atoms with Crippen LogP contribution < -0.4 is 11.1 Å². The Labute approximate surface area is 230 Å². The number of thiazole rings is 1. The molecule has 3 heterocycles. The molecule has 14 heteroatoms. The molecule has 1 unspecified atom stereocenters. The number of nitrogen functional groups attached to an aromatic ring is 1. The Kier molecular flexibility index (Phi) is 11.8. The molecule has 0 bridgehead atoms. The smallest absolute Gasteiger partial charge is 0.355 e. The maximum Gasteiger partial charge on any atom is 0.355 e. The van der Waals surface area contributed by atoms with Crippen molar-refractivity contribution in [2.75, 3.05) is 45.0 Å². The molecular formula is C24H35N5O7S2. The lowest BCUT2D eigenvalue weighted by molar-refractivity contribution is -0.159. The first-order chi connectivity index (χ1) is 18.4. The average molecular weight is 570 g/mol. The van der Waals surface area contributed by atoms with Gasteiger partial charge in [0.05, 0.1) is 13.2 Å². The Morgan fingerprint density at radius 1 is 1.24 bits per heavy atom. The van der Waals surface area contributed by atoms with Crippen molar-refractivity contribution in [1.82, 2.24) is 15.2 Å². The highest BCUT2D eigenvalue weighted by molar-refractivity contribution is 8.00. The highest BCUT2D eigenvalue weighted by Gasteiger charge is 2.53. The lowest BCUT2D eigenvalue weighted by atomic mass is 10.0. The minimum absolute atomic E-state index is 0.100. The fraction of sp³-hybridized carbons (Fsp3) is 0.625. The van der Waals surface area contributed by atoms with E-state index in [9.17, 15) is 14.4 Å². The minimum Gasteiger partial charge on any atom is -0.453 e. The molecule has 0 saturated carbocycles. The summed E-state index contributed by atoms with van der Waals surface area (Å²) in [5.74, 6) is -1.22. The van der Waals surface area contributed by atoms with Crippen LogP contribution in [0.3, 0.4) is 0 Å². The predicted molar refractivity (Wildman–Crippen MR) is 145 cm³/mol. The van der Waals surface area contributed by atoms with Gasteiger partial charge in [0.15, 0.2) is 10.8 Å². The molecule has 3 N–H and O–H groups in total. The van der Waals surface area contributed by atoms with E-state index in [1.807, 2.05) is 0 Å². The summed E-state index contributed by atoms with van der Waals surface area (Å²) < 4.78 is 17.0. The number of unbranched alkanes of at least 4 members (excludes halogenated alkanes) is 2. The average Bonchev–Trinajstić information content (AvgIpc) is 3.35. The Balaban J connectivity index is 1.61. The van der Waals surface area contributed by atoms with Gasteiger partial charge in [-0.05, 0) is 18.9 Å². The predicted octanol–water partition coefficient (Wildman–Crippen LogP) is 1.90.